The number of fused-ring (bicyclic) bond motifs is 1. The van der Waals surface area contributed by atoms with E-state index in [4.69, 9.17) is 5.11 Å². The van der Waals surface area contributed by atoms with Crippen molar-refractivity contribution in [1.82, 2.24) is 14.6 Å². The highest BCUT2D eigenvalue weighted by Gasteiger charge is 2.18. The van der Waals surface area contributed by atoms with E-state index in [1.807, 2.05) is 0 Å². The smallest absolute Gasteiger partial charge is 0.343 e. The molecule has 0 aromatic carbocycles. The number of carboxylic acids is 1. The number of nitrogens with zero attached hydrogens (tertiary/aromatic N) is 4. The fourth-order valence-corrected chi connectivity index (χ4v) is 3.23. The van der Waals surface area contributed by atoms with Crippen LogP contribution in [0.5, 0.6) is 0 Å². The first-order chi connectivity index (χ1) is 9.66. The van der Waals surface area contributed by atoms with E-state index in [0.29, 0.717) is 4.96 Å². The normalized spacial score (nSPS) is 16.3. The van der Waals surface area contributed by atoms with Crippen molar-refractivity contribution in [2.24, 2.45) is 0 Å². The van der Waals surface area contributed by atoms with Crippen molar-refractivity contribution in [3.05, 3.63) is 22.1 Å². The van der Waals surface area contributed by atoms with E-state index in [-0.39, 0.29) is 5.56 Å². The number of rotatable bonds is 2. The van der Waals surface area contributed by atoms with Crippen LogP contribution >= 0.6 is 11.3 Å². The minimum Gasteiger partial charge on any atom is -0.477 e. The fraction of sp³-hybridized carbons (Fsp3) is 0.500. The third-order valence-electron chi connectivity index (χ3n) is 3.38. The molecule has 3 rings (SSSR count). The number of anilines is 1. The molecule has 1 aliphatic heterocycles. The zero-order valence-electron chi connectivity index (χ0n) is 10.8. The van der Waals surface area contributed by atoms with E-state index in [1.165, 1.54) is 24.2 Å². The van der Waals surface area contributed by atoms with Gasteiger partial charge in [0, 0.05) is 13.1 Å². The van der Waals surface area contributed by atoms with Crippen molar-refractivity contribution in [2.45, 2.75) is 25.7 Å². The van der Waals surface area contributed by atoms with Crippen molar-refractivity contribution in [3.8, 4) is 0 Å². The molecule has 0 atom stereocenters. The zero-order valence-corrected chi connectivity index (χ0v) is 11.6. The molecule has 1 saturated heterocycles. The average Bonchev–Trinajstić information content (AvgIpc) is 2.67. The second-order valence-electron chi connectivity index (χ2n) is 4.76. The van der Waals surface area contributed by atoms with E-state index in [2.05, 4.69) is 15.0 Å². The first-order valence-corrected chi connectivity index (χ1v) is 7.35. The van der Waals surface area contributed by atoms with Gasteiger partial charge in [-0.15, -0.1) is 5.10 Å². The SMILES string of the molecule is O=C(O)c1cnc2sc(N3CCCCCC3)nn2c1=O. The van der Waals surface area contributed by atoms with Gasteiger partial charge >= 0.3 is 5.97 Å². The lowest BCUT2D eigenvalue weighted by atomic mass is 10.2. The van der Waals surface area contributed by atoms with Crippen LogP contribution < -0.4 is 10.5 Å². The molecule has 20 heavy (non-hydrogen) atoms. The molecule has 0 bridgehead atoms. The average molecular weight is 294 g/mol. The van der Waals surface area contributed by atoms with Crippen LogP contribution in [-0.2, 0) is 0 Å². The summed E-state index contributed by atoms with van der Waals surface area (Å²) in [6, 6.07) is 0. The van der Waals surface area contributed by atoms with Crippen LogP contribution in [0.2, 0.25) is 0 Å². The van der Waals surface area contributed by atoms with E-state index >= 15 is 0 Å². The third kappa shape index (κ3) is 2.26. The van der Waals surface area contributed by atoms with Crippen molar-refractivity contribution in [3.63, 3.8) is 0 Å². The highest BCUT2D eigenvalue weighted by atomic mass is 32.1. The molecule has 0 amide bonds. The maximum absolute atomic E-state index is 12.0. The lowest BCUT2D eigenvalue weighted by Gasteiger charge is -2.17. The molecule has 8 heteroatoms. The first kappa shape index (κ1) is 13.0. The summed E-state index contributed by atoms with van der Waals surface area (Å²) >= 11 is 1.32. The second kappa shape index (κ2) is 5.20. The van der Waals surface area contributed by atoms with E-state index in [0.717, 1.165) is 41.8 Å². The van der Waals surface area contributed by atoms with Gasteiger partial charge in [-0.05, 0) is 12.8 Å². The van der Waals surface area contributed by atoms with Crippen LogP contribution in [-0.4, -0.2) is 38.8 Å². The lowest BCUT2D eigenvalue weighted by Crippen LogP contribution is -2.25. The first-order valence-electron chi connectivity index (χ1n) is 6.54. The molecule has 2 aromatic heterocycles. The standard InChI is InChI=1S/C12H14N4O3S/c17-9-8(10(18)19)7-13-11-16(9)14-12(20-11)15-5-3-1-2-4-6-15/h7H,1-6H2,(H,18,19). The molecular weight excluding hydrogens is 280 g/mol. The van der Waals surface area contributed by atoms with Gasteiger partial charge in [-0.1, -0.05) is 24.2 Å². The summed E-state index contributed by atoms with van der Waals surface area (Å²) in [6.45, 7) is 1.83. The van der Waals surface area contributed by atoms with Crippen molar-refractivity contribution in [2.75, 3.05) is 18.0 Å². The molecular formula is C12H14N4O3S. The van der Waals surface area contributed by atoms with E-state index < -0.39 is 11.5 Å². The predicted octanol–water partition coefficient (Wildman–Crippen LogP) is 1.23. The highest BCUT2D eigenvalue weighted by molar-refractivity contribution is 7.20. The second-order valence-corrected chi connectivity index (χ2v) is 5.70. The van der Waals surface area contributed by atoms with Crippen LogP contribution in [0.15, 0.2) is 11.0 Å². The van der Waals surface area contributed by atoms with Gasteiger partial charge in [0.15, 0.2) is 0 Å². The molecule has 0 spiro atoms. The third-order valence-corrected chi connectivity index (χ3v) is 4.37. The molecule has 0 radical (unpaired) electrons. The summed E-state index contributed by atoms with van der Waals surface area (Å²) in [5, 5.41) is 13.9. The molecule has 1 N–H and O–H groups in total. The van der Waals surface area contributed by atoms with Gasteiger partial charge in [0.05, 0.1) is 6.20 Å². The van der Waals surface area contributed by atoms with Gasteiger partial charge in [-0.2, -0.15) is 4.52 Å². The number of aromatic nitrogens is 3. The Morgan fingerprint density at radius 2 is 1.95 bits per heavy atom. The maximum atomic E-state index is 12.0. The Bertz CT molecular complexity index is 700. The van der Waals surface area contributed by atoms with Crippen LogP contribution in [0, 0.1) is 0 Å². The largest absolute Gasteiger partial charge is 0.477 e. The summed E-state index contributed by atoms with van der Waals surface area (Å²) in [6.07, 6.45) is 5.74. The molecule has 0 unspecified atom stereocenters. The van der Waals surface area contributed by atoms with E-state index in [9.17, 15) is 9.59 Å². The minimum atomic E-state index is -1.28. The van der Waals surface area contributed by atoms with Crippen LogP contribution in [0.25, 0.3) is 4.96 Å². The molecule has 106 valence electrons. The molecule has 2 aromatic rings. The zero-order chi connectivity index (χ0) is 14.1. The number of aromatic carboxylic acids is 1. The summed E-state index contributed by atoms with van der Waals surface area (Å²) in [5.74, 6) is -1.28. The Kier molecular flexibility index (Phi) is 3.39. The maximum Gasteiger partial charge on any atom is 0.343 e. The quantitative estimate of drug-likeness (QED) is 0.896. The molecule has 1 aliphatic rings. The predicted molar refractivity (Wildman–Crippen MR) is 74.8 cm³/mol. The van der Waals surface area contributed by atoms with Crippen LogP contribution in [0.1, 0.15) is 36.0 Å². The topological polar surface area (TPSA) is 87.8 Å². The lowest BCUT2D eigenvalue weighted by molar-refractivity contribution is 0.0694. The summed E-state index contributed by atoms with van der Waals surface area (Å²) < 4.78 is 1.09. The summed E-state index contributed by atoms with van der Waals surface area (Å²) in [4.78, 5) is 29.5. The van der Waals surface area contributed by atoms with Gasteiger partial charge in [0.25, 0.3) is 5.56 Å². The Morgan fingerprint density at radius 1 is 1.25 bits per heavy atom. The number of hydrogen-bond donors (Lipinski definition) is 1. The molecule has 7 nitrogen and oxygen atoms in total. The summed E-state index contributed by atoms with van der Waals surface area (Å²) in [5.41, 5.74) is -0.977. The molecule has 1 fully saturated rings. The van der Waals surface area contributed by atoms with Crippen LogP contribution in [0.4, 0.5) is 5.13 Å². The minimum absolute atomic E-state index is 0.352. The number of carboxylic acid groups (broad SMARTS) is 1. The van der Waals surface area contributed by atoms with E-state index in [1.54, 1.807) is 0 Å². The molecule has 3 heterocycles. The van der Waals surface area contributed by atoms with Crippen molar-refractivity contribution < 1.29 is 9.90 Å². The van der Waals surface area contributed by atoms with Gasteiger partial charge < -0.3 is 10.0 Å². The Hall–Kier alpha value is -1.96. The summed E-state index contributed by atoms with van der Waals surface area (Å²) in [7, 11) is 0. The van der Waals surface area contributed by atoms with Gasteiger partial charge in [-0.3, -0.25) is 4.79 Å². The molecule has 0 aliphatic carbocycles. The van der Waals surface area contributed by atoms with Gasteiger partial charge in [0.1, 0.15) is 5.56 Å². The number of hydrogen-bond acceptors (Lipinski definition) is 6. The Balaban J connectivity index is 2.04. The van der Waals surface area contributed by atoms with Gasteiger partial charge in [0.2, 0.25) is 10.1 Å². The van der Waals surface area contributed by atoms with Crippen molar-refractivity contribution in [1.29, 1.82) is 0 Å². The monoisotopic (exact) mass is 294 g/mol. The molecule has 0 saturated carbocycles. The Labute approximate surface area is 118 Å². The van der Waals surface area contributed by atoms with Crippen molar-refractivity contribution >= 4 is 27.4 Å². The highest BCUT2D eigenvalue weighted by Crippen LogP contribution is 2.24. The Morgan fingerprint density at radius 3 is 2.60 bits per heavy atom. The van der Waals surface area contributed by atoms with Gasteiger partial charge in [-0.25, -0.2) is 9.78 Å². The number of carbonyl (C=O) groups is 1. The fourth-order valence-electron chi connectivity index (χ4n) is 2.31. The van der Waals surface area contributed by atoms with Crippen LogP contribution in [0.3, 0.4) is 0 Å².